The molecule has 252 valence electrons. The predicted octanol–water partition coefficient (Wildman–Crippen LogP) is 4.38. The third kappa shape index (κ3) is 7.99. The van der Waals surface area contributed by atoms with E-state index in [1.165, 1.54) is 4.90 Å². The molecule has 0 aliphatic carbocycles. The number of piperazine rings is 1. The Bertz CT molecular complexity index is 1600. The topological polar surface area (TPSA) is 128 Å². The first-order valence-corrected chi connectivity index (χ1v) is 16.4. The number of urea groups is 1. The molecule has 17 heteroatoms. The van der Waals surface area contributed by atoms with Gasteiger partial charge in [0.15, 0.2) is 0 Å². The van der Waals surface area contributed by atoms with Crippen molar-refractivity contribution < 1.29 is 40.7 Å². The van der Waals surface area contributed by atoms with Gasteiger partial charge in [0.2, 0.25) is 21.8 Å². The molecule has 2 aliphatic heterocycles. The molecule has 2 aliphatic rings. The zero-order valence-electron chi connectivity index (χ0n) is 25.6. The largest absolute Gasteiger partial charge is 0.573 e. The van der Waals surface area contributed by atoms with Crippen molar-refractivity contribution in [3.63, 3.8) is 0 Å². The van der Waals surface area contributed by atoms with Crippen LogP contribution < -0.4 is 15.4 Å². The number of ether oxygens (including phenoxy) is 1. The first-order valence-electron chi connectivity index (χ1n) is 14.2. The minimum atomic E-state index is -5.04. The summed E-state index contributed by atoms with van der Waals surface area (Å²) >= 11 is 12.3. The van der Waals surface area contributed by atoms with Crippen molar-refractivity contribution in [3.8, 4) is 5.75 Å². The highest BCUT2D eigenvalue weighted by molar-refractivity contribution is 7.89. The van der Waals surface area contributed by atoms with E-state index in [9.17, 15) is 36.0 Å². The lowest BCUT2D eigenvalue weighted by Gasteiger charge is -2.54. The molecule has 0 radical (unpaired) electrons. The number of carbonyl (C=O) groups is 3. The van der Waals surface area contributed by atoms with Gasteiger partial charge < -0.3 is 25.2 Å². The van der Waals surface area contributed by atoms with Gasteiger partial charge in [-0.1, -0.05) is 35.3 Å². The summed E-state index contributed by atoms with van der Waals surface area (Å²) in [4.78, 5) is 43.0. The van der Waals surface area contributed by atoms with E-state index in [0.717, 1.165) is 27.4 Å². The molecule has 0 aromatic heterocycles. The van der Waals surface area contributed by atoms with Gasteiger partial charge in [0.1, 0.15) is 28.9 Å². The molecule has 0 bridgehead atoms. The van der Waals surface area contributed by atoms with Gasteiger partial charge in [-0.15, -0.1) is 13.2 Å². The summed E-state index contributed by atoms with van der Waals surface area (Å²) in [6.45, 7) is 7.85. The monoisotopic (exact) mass is 707 g/mol. The van der Waals surface area contributed by atoms with Gasteiger partial charge in [-0.25, -0.2) is 13.2 Å². The zero-order valence-corrected chi connectivity index (χ0v) is 27.9. The predicted molar refractivity (Wildman–Crippen MR) is 164 cm³/mol. The second kappa shape index (κ2) is 13.1. The Morgan fingerprint density at radius 1 is 1.02 bits per heavy atom. The molecule has 0 saturated carbocycles. The first-order chi connectivity index (χ1) is 21.2. The Balaban J connectivity index is 1.82. The van der Waals surface area contributed by atoms with Gasteiger partial charge in [0.25, 0.3) is 0 Å². The number of amides is 4. The first kappa shape index (κ1) is 35.6. The number of nitrogens with one attached hydrogen (secondary N) is 2. The van der Waals surface area contributed by atoms with E-state index in [0.29, 0.717) is 10.6 Å². The van der Waals surface area contributed by atoms with E-state index in [1.54, 1.807) is 58.9 Å². The van der Waals surface area contributed by atoms with Gasteiger partial charge >= 0.3 is 12.4 Å². The number of hydrogen-bond acceptors (Lipinski definition) is 6. The fraction of sp³-hybridized carbons (Fsp3) is 0.483. The Hall–Kier alpha value is -3.27. The number of nitrogens with zero attached hydrogens (tertiary/aromatic N) is 3. The van der Waals surface area contributed by atoms with E-state index in [1.807, 2.05) is 0 Å². The molecule has 2 heterocycles. The Labute approximate surface area is 275 Å². The maximum Gasteiger partial charge on any atom is 0.573 e. The number of halogens is 5. The molecule has 2 saturated heterocycles. The lowest BCUT2D eigenvalue weighted by molar-refractivity contribution is -0.274. The highest BCUT2D eigenvalue weighted by Crippen LogP contribution is 2.36. The molecule has 2 aromatic carbocycles. The highest BCUT2D eigenvalue weighted by Gasteiger charge is 2.54. The minimum absolute atomic E-state index is 0.000488. The van der Waals surface area contributed by atoms with E-state index >= 15 is 0 Å². The molecular weight excluding hydrogens is 674 g/mol. The molecule has 4 amide bonds. The van der Waals surface area contributed by atoms with Crippen molar-refractivity contribution in [2.24, 2.45) is 0 Å². The van der Waals surface area contributed by atoms with Crippen LogP contribution in [0.5, 0.6) is 5.75 Å². The molecule has 3 unspecified atom stereocenters. The van der Waals surface area contributed by atoms with Crippen LogP contribution in [0, 0.1) is 0 Å². The summed E-state index contributed by atoms with van der Waals surface area (Å²) in [5.74, 6) is -1.85. The van der Waals surface area contributed by atoms with E-state index in [4.69, 9.17) is 23.2 Å². The Morgan fingerprint density at radius 3 is 2.20 bits per heavy atom. The normalized spacial score (nSPS) is 21.3. The molecule has 11 nitrogen and oxygen atoms in total. The lowest BCUT2D eigenvalue weighted by atomic mass is 9.96. The molecule has 2 aromatic rings. The van der Waals surface area contributed by atoms with Crippen molar-refractivity contribution in [3.05, 3.63) is 58.1 Å². The lowest BCUT2D eigenvalue weighted by Crippen LogP contribution is -2.76. The van der Waals surface area contributed by atoms with E-state index in [2.05, 4.69) is 15.4 Å². The van der Waals surface area contributed by atoms with Crippen LogP contribution in [0.4, 0.5) is 18.0 Å². The summed E-state index contributed by atoms with van der Waals surface area (Å²) in [5.41, 5.74) is -0.0713. The third-order valence-corrected chi connectivity index (χ3v) is 9.91. The third-order valence-electron chi connectivity index (χ3n) is 7.32. The molecule has 4 rings (SSSR count). The number of hydrogen-bond donors (Lipinski definition) is 2. The molecule has 2 fully saturated rings. The minimum Gasteiger partial charge on any atom is -0.406 e. The van der Waals surface area contributed by atoms with Crippen LogP contribution in [0.25, 0.3) is 0 Å². The number of sulfonamides is 1. The van der Waals surface area contributed by atoms with E-state index in [-0.39, 0.29) is 13.0 Å². The number of rotatable bonds is 7. The fourth-order valence-electron chi connectivity index (χ4n) is 5.37. The molecular formula is C29H34Cl2F3N5O6S. The standard InChI is InChI=1S/C29H34Cl2F3N5O6S/c1-16(2)37-15-24-38(46(43,44)23-11-10-19(13-20(23)31)45-29(32,33)34)14-21(35-27(42)36-28(3,4)5)25(40)39(24)22(26(37)41)12-17-6-8-18(30)9-7-17/h6-11,13,16,21-22,24H,12,14-15H2,1-5H3,(H2,35,36,42). The molecule has 3 atom stereocenters. The number of benzene rings is 2. The summed E-state index contributed by atoms with van der Waals surface area (Å²) < 4.78 is 71.8. The summed E-state index contributed by atoms with van der Waals surface area (Å²) in [5, 5.41) is 5.08. The van der Waals surface area contributed by atoms with Gasteiger partial charge in [-0.05, 0) is 64.4 Å². The highest BCUT2D eigenvalue weighted by atomic mass is 35.5. The summed E-state index contributed by atoms with van der Waals surface area (Å²) in [6.07, 6.45) is -6.29. The average molecular weight is 709 g/mol. The van der Waals surface area contributed by atoms with Crippen molar-refractivity contribution >= 4 is 51.1 Å². The maximum absolute atomic E-state index is 14.3. The van der Waals surface area contributed by atoms with Gasteiger partial charge in [-0.3, -0.25) is 9.59 Å². The zero-order chi connectivity index (χ0) is 34.4. The van der Waals surface area contributed by atoms with Crippen LogP contribution in [0.15, 0.2) is 47.4 Å². The number of alkyl halides is 3. The van der Waals surface area contributed by atoms with Gasteiger partial charge in [-0.2, -0.15) is 4.31 Å². The van der Waals surface area contributed by atoms with Gasteiger partial charge in [0.05, 0.1) is 11.6 Å². The van der Waals surface area contributed by atoms with E-state index < -0.39 is 86.3 Å². The number of carbonyl (C=O) groups excluding carboxylic acids is 3. The van der Waals surface area contributed by atoms with Crippen molar-refractivity contribution in [2.45, 2.75) is 82.1 Å². The van der Waals surface area contributed by atoms with Crippen molar-refractivity contribution in [1.29, 1.82) is 0 Å². The SMILES string of the molecule is CC(C)N1CC2N(C(=O)C(NC(=O)NC(C)(C)C)CN2S(=O)(=O)c2ccc(OC(F)(F)F)cc2Cl)C(Cc2ccc(Cl)cc2)C1=O. The smallest absolute Gasteiger partial charge is 0.406 e. The van der Waals surface area contributed by atoms with Crippen LogP contribution in [0.2, 0.25) is 10.0 Å². The molecule has 0 spiro atoms. The molecule has 46 heavy (non-hydrogen) atoms. The van der Waals surface area contributed by atoms with Crippen LogP contribution in [-0.2, 0) is 26.0 Å². The van der Waals surface area contributed by atoms with Crippen molar-refractivity contribution in [1.82, 2.24) is 24.7 Å². The summed E-state index contributed by atoms with van der Waals surface area (Å²) in [6, 6.07) is 5.22. The van der Waals surface area contributed by atoms with Gasteiger partial charge in [0, 0.05) is 35.6 Å². The fourth-order valence-corrected chi connectivity index (χ4v) is 7.59. The second-order valence-corrected chi connectivity index (χ2v) is 15.0. The summed E-state index contributed by atoms with van der Waals surface area (Å²) in [7, 11) is -4.68. The number of fused-ring (bicyclic) bond motifs is 1. The average Bonchev–Trinajstić information content (AvgIpc) is 2.90. The van der Waals surface area contributed by atoms with Crippen LogP contribution in [0.1, 0.15) is 40.2 Å². The van der Waals surface area contributed by atoms with Crippen LogP contribution >= 0.6 is 23.2 Å². The Morgan fingerprint density at radius 2 is 1.65 bits per heavy atom. The van der Waals surface area contributed by atoms with Crippen molar-refractivity contribution in [2.75, 3.05) is 13.1 Å². The maximum atomic E-state index is 14.3. The Kier molecular flexibility index (Phi) is 10.1. The quantitative estimate of drug-likeness (QED) is 0.440. The second-order valence-electron chi connectivity index (χ2n) is 12.3. The van der Waals surface area contributed by atoms with Crippen LogP contribution in [-0.4, -0.2) is 89.7 Å². The van der Waals surface area contributed by atoms with Crippen LogP contribution in [0.3, 0.4) is 0 Å². The molecule has 2 N–H and O–H groups in total.